The summed E-state index contributed by atoms with van der Waals surface area (Å²) < 4.78 is 10.3. The van der Waals surface area contributed by atoms with E-state index in [0.29, 0.717) is 25.5 Å². The number of nitrogens with zero attached hydrogens (tertiary/aromatic N) is 3. The van der Waals surface area contributed by atoms with Gasteiger partial charge in [-0.05, 0) is 12.8 Å². The standard InChI is InChI=1S/C14H23N3O3/c1-10(2)13-15-14(20-16-13)11-5-4-7-17(9-11)12(18)6-8-19-3/h10-11H,4-9H2,1-3H3. The van der Waals surface area contributed by atoms with Gasteiger partial charge in [-0.2, -0.15) is 4.98 Å². The maximum Gasteiger partial charge on any atom is 0.231 e. The van der Waals surface area contributed by atoms with E-state index in [9.17, 15) is 4.79 Å². The molecule has 1 aromatic rings. The summed E-state index contributed by atoms with van der Waals surface area (Å²) >= 11 is 0. The van der Waals surface area contributed by atoms with Crippen LogP contribution in [0.1, 0.15) is 56.7 Å². The van der Waals surface area contributed by atoms with Gasteiger partial charge in [-0.3, -0.25) is 4.79 Å². The van der Waals surface area contributed by atoms with Crippen molar-refractivity contribution in [2.75, 3.05) is 26.8 Å². The van der Waals surface area contributed by atoms with Crippen LogP contribution >= 0.6 is 0 Å². The van der Waals surface area contributed by atoms with E-state index < -0.39 is 0 Å². The third kappa shape index (κ3) is 3.56. The molecule has 1 aliphatic rings. The highest BCUT2D eigenvalue weighted by Gasteiger charge is 2.28. The Kier molecular flexibility index (Phi) is 5.11. The average molecular weight is 281 g/mol. The predicted octanol–water partition coefficient (Wildman–Crippen LogP) is 1.94. The van der Waals surface area contributed by atoms with Crippen LogP contribution < -0.4 is 0 Å². The summed E-state index contributed by atoms with van der Waals surface area (Å²) in [5.74, 6) is 1.96. The van der Waals surface area contributed by atoms with Crippen LogP contribution in [0.3, 0.4) is 0 Å². The summed E-state index contributed by atoms with van der Waals surface area (Å²) in [6.45, 7) is 6.02. The fourth-order valence-electron chi connectivity index (χ4n) is 2.40. The Morgan fingerprint density at radius 1 is 1.55 bits per heavy atom. The number of carbonyl (C=O) groups excluding carboxylic acids is 1. The van der Waals surface area contributed by atoms with Crippen molar-refractivity contribution in [1.82, 2.24) is 15.0 Å². The molecule has 1 aliphatic heterocycles. The second kappa shape index (κ2) is 6.83. The monoisotopic (exact) mass is 281 g/mol. The van der Waals surface area contributed by atoms with Crippen molar-refractivity contribution >= 4 is 5.91 Å². The highest BCUT2D eigenvalue weighted by molar-refractivity contribution is 5.76. The number of hydrogen-bond acceptors (Lipinski definition) is 5. The van der Waals surface area contributed by atoms with E-state index in [4.69, 9.17) is 9.26 Å². The number of carbonyl (C=O) groups is 1. The van der Waals surface area contributed by atoms with Crippen molar-refractivity contribution in [2.45, 2.75) is 44.9 Å². The van der Waals surface area contributed by atoms with Crippen LogP contribution in [0.4, 0.5) is 0 Å². The normalized spacial score (nSPS) is 19.6. The van der Waals surface area contributed by atoms with E-state index in [-0.39, 0.29) is 17.7 Å². The Bertz CT molecular complexity index is 445. The third-order valence-corrected chi connectivity index (χ3v) is 3.62. The molecule has 1 fully saturated rings. The molecule has 0 aliphatic carbocycles. The number of methoxy groups -OCH3 is 1. The van der Waals surface area contributed by atoms with E-state index in [2.05, 4.69) is 10.1 Å². The topological polar surface area (TPSA) is 68.5 Å². The molecule has 0 N–H and O–H groups in total. The van der Waals surface area contributed by atoms with Crippen molar-refractivity contribution in [2.24, 2.45) is 0 Å². The maximum atomic E-state index is 12.0. The number of rotatable bonds is 5. The molecule has 6 nitrogen and oxygen atoms in total. The van der Waals surface area contributed by atoms with Gasteiger partial charge >= 0.3 is 0 Å². The lowest BCUT2D eigenvalue weighted by molar-refractivity contribution is -0.133. The van der Waals surface area contributed by atoms with E-state index in [1.165, 1.54) is 0 Å². The second-order valence-corrected chi connectivity index (χ2v) is 5.57. The number of hydrogen-bond donors (Lipinski definition) is 0. The van der Waals surface area contributed by atoms with Gasteiger partial charge in [0.1, 0.15) is 0 Å². The number of amides is 1. The van der Waals surface area contributed by atoms with Gasteiger partial charge in [-0.1, -0.05) is 19.0 Å². The van der Waals surface area contributed by atoms with Gasteiger partial charge in [0.25, 0.3) is 0 Å². The maximum absolute atomic E-state index is 12.0. The van der Waals surface area contributed by atoms with Gasteiger partial charge in [-0.25, -0.2) is 0 Å². The molecule has 2 rings (SSSR count). The van der Waals surface area contributed by atoms with Crippen LogP contribution in [-0.2, 0) is 9.53 Å². The summed E-state index contributed by atoms with van der Waals surface area (Å²) in [5.41, 5.74) is 0. The highest BCUT2D eigenvalue weighted by atomic mass is 16.5. The zero-order chi connectivity index (χ0) is 14.5. The van der Waals surface area contributed by atoms with Crippen molar-refractivity contribution < 1.29 is 14.1 Å². The molecule has 6 heteroatoms. The van der Waals surface area contributed by atoms with E-state index in [1.807, 2.05) is 18.7 Å². The predicted molar refractivity (Wildman–Crippen MR) is 73.4 cm³/mol. The van der Waals surface area contributed by atoms with Gasteiger partial charge in [0.15, 0.2) is 5.82 Å². The lowest BCUT2D eigenvalue weighted by atomic mass is 9.97. The first-order chi connectivity index (χ1) is 9.61. The number of likely N-dealkylation sites (tertiary alicyclic amines) is 1. The second-order valence-electron chi connectivity index (χ2n) is 5.57. The van der Waals surface area contributed by atoms with Gasteiger partial charge in [0.2, 0.25) is 11.8 Å². The Morgan fingerprint density at radius 2 is 2.35 bits per heavy atom. The van der Waals surface area contributed by atoms with Gasteiger partial charge < -0.3 is 14.2 Å². The number of piperidine rings is 1. The first-order valence-electron chi connectivity index (χ1n) is 7.22. The molecule has 1 atom stereocenters. The van der Waals surface area contributed by atoms with Gasteiger partial charge in [-0.15, -0.1) is 0 Å². The van der Waals surface area contributed by atoms with Crippen molar-refractivity contribution in [3.63, 3.8) is 0 Å². The van der Waals surface area contributed by atoms with E-state index in [1.54, 1.807) is 7.11 Å². The Labute approximate surface area is 119 Å². The van der Waals surface area contributed by atoms with Crippen molar-refractivity contribution in [1.29, 1.82) is 0 Å². The van der Waals surface area contributed by atoms with Crippen LogP contribution in [0.25, 0.3) is 0 Å². The highest BCUT2D eigenvalue weighted by Crippen LogP contribution is 2.27. The molecular weight excluding hydrogens is 258 g/mol. The largest absolute Gasteiger partial charge is 0.384 e. The molecule has 0 bridgehead atoms. The fraction of sp³-hybridized carbons (Fsp3) is 0.786. The van der Waals surface area contributed by atoms with Crippen LogP contribution in [0.15, 0.2) is 4.52 Å². The molecule has 1 aromatic heterocycles. The fourth-order valence-corrected chi connectivity index (χ4v) is 2.40. The molecule has 2 heterocycles. The van der Waals surface area contributed by atoms with Crippen molar-refractivity contribution in [3.8, 4) is 0 Å². The molecule has 0 spiro atoms. The lowest BCUT2D eigenvalue weighted by Gasteiger charge is -2.31. The molecule has 0 aromatic carbocycles. The Morgan fingerprint density at radius 3 is 3.00 bits per heavy atom. The number of ether oxygens (including phenoxy) is 1. The van der Waals surface area contributed by atoms with Crippen LogP contribution in [0.5, 0.6) is 0 Å². The molecular formula is C14H23N3O3. The smallest absolute Gasteiger partial charge is 0.231 e. The summed E-state index contributed by atoms with van der Waals surface area (Å²) in [7, 11) is 1.61. The molecule has 1 unspecified atom stereocenters. The average Bonchev–Trinajstić information content (AvgIpc) is 2.95. The molecule has 0 saturated carbocycles. The minimum absolute atomic E-state index is 0.139. The zero-order valence-corrected chi connectivity index (χ0v) is 12.5. The summed E-state index contributed by atoms with van der Waals surface area (Å²) in [6.07, 6.45) is 2.40. The Balaban J connectivity index is 1.97. The van der Waals surface area contributed by atoms with E-state index >= 15 is 0 Å². The molecule has 1 amide bonds. The van der Waals surface area contributed by atoms with Gasteiger partial charge in [0.05, 0.1) is 18.9 Å². The molecule has 112 valence electrons. The molecule has 20 heavy (non-hydrogen) atoms. The first-order valence-corrected chi connectivity index (χ1v) is 7.22. The van der Waals surface area contributed by atoms with Gasteiger partial charge in [0, 0.05) is 26.1 Å². The first kappa shape index (κ1) is 15.0. The summed E-state index contributed by atoms with van der Waals surface area (Å²) in [5, 5.41) is 4.00. The Hall–Kier alpha value is -1.43. The van der Waals surface area contributed by atoms with Crippen LogP contribution in [-0.4, -0.2) is 47.8 Å². The third-order valence-electron chi connectivity index (χ3n) is 3.62. The molecule has 1 saturated heterocycles. The van der Waals surface area contributed by atoms with E-state index in [0.717, 1.165) is 25.2 Å². The summed E-state index contributed by atoms with van der Waals surface area (Å²) in [4.78, 5) is 18.4. The minimum atomic E-state index is 0.139. The summed E-state index contributed by atoms with van der Waals surface area (Å²) in [6, 6.07) is 0. The quantitative estimate of drug-likeness (QED) is 0.825. The van der Waals surface area contributed by atoms with Crippen LogP contribution in [0.2, 0.25) is 0 Å². The number of aromatic nitrogens is 2. The minimum Gasteiger partial charge on any atom is -0.384 e. The zero-order valence-electron chi connectivity index (χ0n) is 12.5. The lowest BCUT2D eigenvalue weighted by Crippen LogP contribution is -2.39. The van der Waals surface area contributed by atoms with Crippen LogP contribution in [0, 0.1) is 0 Å². The molecule has 0 radical (unpaired) electrons. The van der Waals surface area contributed by atoms with Crippen molar-refractivity contribution in [3.05, 3.63) is 11.7 Å². The SMILES string of the molecule is COCCC(=O)N1CCCC(c2nc(C(C)C)no2)C1.